The first-order valence-electron chi connectivity index (χ1n) is 11.2. The van der Waals surface area contributed by atoms with Gasteiger partial charge in [-0.25, -0.2) is 9.97 Å². The van der Waals surface area contributed by atoms with E-state index in [1.54, 1.807) is 23.4 Å². The summed E-state index contributed by atoms with van der Waals surface area (Å²) in [6.45, 7) is 2.16. The molecule has 32 heavy (non-hydrogen) atoms. The van der Waals surface area contributed by atoms with E-state index in [0.717, 1.165) is 49.7 Å². The molecule has 2 aliphatic heterocycles. The van der Waals surface area contributed by atoms with Crippen molar-refractivity contribution in [3.05, 3.63) is 54.0 Å². The number of para-hydroxylation sites is 1. The Morgan fingerprint density at radius 3 is 2.56 bits per heavy atom. The Kier molecular flexibility index (Phi) is 6.12. The van der Waals surface area contributed by atoms with Crippen LogP contribution in [0.25, 0.3) is 11.0 Å². The SMILES string of the molecule is O=C(C1CCCCN1C(=O)c1oc2ccccc2c1CSc1ncccn1)N1CCCC1. The summed E-state index contributed by atoms with van der Waals surface area (Å²) in [7, 11) is 0. The predicted octanol–water partition coefficient (Wildman–Crippen LogP) is 4.13. The van der Waals surface area contributed by atoms with E-state index < -0.39 is 6.04 Å². The normalized spacial score (nSPS) is 18.9. The minimum absolute atomic E-state index is 0.0836. The van der Waals surface area contributed by atoms with Gasteiger partial charge in [0.2, 0.25) is 5.91 Å². The van der Waals surface area contributed by atoms with Crippen molar-refractivity contribution in [3.63, 3.8) is 0 Å². The third kappa shape index (κ3) is 4.11. The second kappa shape index (κ2) is 9.32. The van der Waals surface area contributed by atoms with E-state index in [9.17, 15) is 9.59 Å². The number of hydrogen-bond acceptors (Lipinski definition) is 6. The molecule has 0 N–H and O–H groups in total. The Morgan fingerprint density at radius 2 is 1.75 bits per heavy atom. The van der Waals surface area contributed by atoms with E-state index in [1.807, 2.05) is 29.2 Å². The number of aromatic nitrogens is 2. The standard InChI is InChI=1S/C24H26N4O3S/c29-22(27-13-5-6-14-27)19-9-3-4-15-28(19)23(30)21-18(16-32-24-25-11-7-12-26-24)17-8-1-2-10-20(17)31-21/h1-2,7-8,10-12,19H,3-6,9,13-16H2. The molecule has 2 fully saturated rings. The fourth-order valence-electron chi connectivity index (χ4n) is 4.62. The van der Waals surface area contributed by atoms with E-state index in [2.05, 4.69) is 9.97 Å². The van der Waals surface area contributed by atoms with Crippen LogP contribution in [0.2, 0.25) is 0 Å². The lowest BCUT2D eigenvalue weighted by Crippen LogP contribution is -2.52. The molecule has 2 amide bonds. The van der Waals surface area contributed by atoms with Crippen LogP contribution < -0.4 is 0 Å². The molecule has 7 nitrogen and oxygen atoms in total. The van der Waals surface area contributed by atoms with Crippen molar-refractivity contribution >= 4 is 34.5 Å². The molecule has 1 atom stereocenters. The summed E-state index contributed by atoms with van der Waals surface area (Å²) in [5, 5.41) is 1.56. The quantitative estimate of drug-likeness (QED) is 0.430. The van der Waals surface area contributed by atoms with Gasteiger partial charge in [-0.05, 0) is 44.2 Å². The first-order valence-corrected chi connectivity index (χ1v) is 12.2. The summed E-state index contributed by atoms with van der Waals surface area (Å²) >= 11 is 1.47. The average Bonchev–Trinajstić information content (AvgIpc) is 3.51. The molecule has 2 aliphatic rings. The lowest BCUT2D eigenvalue weighted by molar-refractivity contribution is -0.136. The van der Waals surface area contributed by atoms with Crippen molar-refractivity contribution in [1.29, 1.82) is 0 Å². The maximum absolute atomic E-state index is 13.8. The second-order valence-corrected chi connectivity index (χ2v) is 9.21. The van der Waals surface area contributed by atoms with Gasteiger partial charge in [0.1, 0.15) is 11.6 Å². The number of carbonyl (C=O) groups is 2. The van der Waals surface area contributed by atoms with Gasteiger partial charge in [0.15, 0.2) is 10.9 Å². The molecule has 2 aromatic heterocycles. The zero-order valence-electron chi connectivity index (χ0n) is 17.9. The molecule has 0 saturated carbocycles. The van der Waals surface area contributed by atoms with Crippen molar-refractivity contribution < 1.29 is 14.0 Å². The Balaban J connectivity index is 1.45. The summed E-state index contributed by atoms with van der Waals surface area (Å²) in [6, 6.07) is 9.07. The number of nitrogens with zero attached hydrogens (tertiary/aromatic N) is 4. The summed E-state index contributed by atoms with van der Waals surface area (Å²) in [5.41, 5.74) is 1.51. The van der Waals surface area contributed by atoms with E-state index >= 15 is 0 Å². The molecule has 4 heterocycles. The van der Waals surface area contributed by atoms with Gasteiger partial charge >= 0.3 is 0 Å². The number of benzene rings is 1. The molecule has 166 valence electrons. The topological polar surface area (TPSA) is 79.5 Å². The molecule has 0 bridgehead atoms. The second-order valence-electron chi connectivity index (χ2n) is 8.27. The summed E-state index contributed by atoms with van der Waals surface area (Å²) in [6.07, 6.45) is 8.06. The lowest BCUT2D eigenvalue weighted by Gasteiger charge is -2.36. The average molecular weight is 451 g/mol. The van der Waals surface area contributed by atoms with Crippen LogP contribution in [0.4, 0.5) is 0 Å². The van der Waals surface area contributed by atoms with Gasteiger partial charge in [-0.15, -0.1) is 0 Å². The molecule has 3 aromatic rings. The highest BCUT2D eigenvalue weighted by molar-refractivity contribution is 7.98. The zero-order valence-corrected chi connectivity index (χ0v) is 18.7. The van der Waals surface area contributed by atoms with Crippen molar-refractivity contribution in [1.82, 2.24) is 19.8 Å². The van der Waals surface area contributed by atoms with Crippen LogP contribution in [0.5, 0.6) is 0 Å². The number of thioether (sulfide) groups is 1. The Labute approximate surface area is 191 Å². The van der Waals surface area contributed by atoms with Gasteiger partial charge in [0.25, 0.3) is 5.91 Å². The maximum Gasteiger partial charge on any atom is 0.290 e. The molecule has 0 radical (unpaired) electrons. The number of hydrogen-bond donors (Lipinski definition) is 0. The van der Waals surface area contributed by atoms with Crippen LogP contribution in [0.3, 0.4) is 0 Å². The third-order valence-electron chi connectivity index (χ3n) is 6.25. The molecular formula is C24H26N4O3S. The lowest BCUT2D eigenvalue weighted by atomic mass is 10.00. The largest absolute Gasteiger partial charge is 0.451 e. The minimum Gasteiger partial charge on any atom is -0.451 e. The van der Waals surface area contributed by atoms with Gasteiger partial charge in [0.05, 0.1) is 0 Å². The molecule has 8 heteroatoms. The third-order valence-corrected chi connectivity index (χ3v) is 7.15. The van der Waals surface area contributed by atoms with Crippen molar-refractivity contribution in [2.24, 2.45) is 0 Å². The van der Waals surface area contributed by atoms with E-state index in [1.165, 1.54) is 11.8 Å². The molecule has 0 spiro atoms. The van der Waals surface area contributed by atoms with Crippen LogP contribution >= 0.6 is 11.8 Å². The molecular weight excluding hydrogens is 424 g/mol. The molecule has 0 aliphatic carbocycles. The van der Waals surface area contributed by atoms with Gasteiger partial charge in [-0.3, -0.25) is 9.59 Å². The molecule has 1 aromatic carbocycles. The first kappa shape index (κ1) is 21.0. The van der Waals surface area contributed by atoms with E-state index in [-0.39, 0.29) is 11.8 Å². The Hall–Kier alpha value is -2.87. The maximum atomic E-state index is 13.8. The first-order chi connectivity index (χ1) is 15.7. The number of amides is 2. The number of carbonyl (C=O) groups excluding carboxylic acids is 2. The van der Waals surface area contributed by atoms with Gasteiger partial charge < -0.3 is 14.2 Å². The monoisotopic (exact) mass is 450 g/mol. The van der Waals surface area contributed by atoms with Gasteiger partial charge in [-0.2, -0.15) is 0 Å². The van der Waals surface area contributed by atoms with Crippen LogP contribution in [0.1, 0.15) is 48.2 Å². The predicted molar refractivity (Wildman–Crippen MR) is 122 cm³/mol. The number of piperidine rings is 1. The van der Waals surface area contributed by atoms with E-state index in [0.29, 0.717) is 35.2 Å². The smallest absolute Gasteiger partial charge is 0.290 e. The van der Waals surface area contributed by atoms with Gasteiger partial charge in [0, 0.05) is 48.7 Å². The molecule has 5 rings (SSSR count). The summed E-state index contributed by atoms with van der Waals surface area (Å²) in [4.78, 5) is 39.2. The number of fused-ring (bicyclic) bond motifs is 1. The number of likely N-dealkylation sites (tertiary alicyclic amines) is 2. The Bertz CT molecular complexity index is 1110. The van der Waals surface area contributed by atoms with Crippen molar-refractivity contribution in [3.8, 4) is 0 Å². The van der Waals surface area contributed by atoms with Crippen LogP contribution in [0.15, 0.2) is 52.3 Å². The zero-order chi connectivity index (χ0) is 21.9. The minimum atomic E-state index is -0.402. The molecule has 2 saturated heterocycles. The van der Waals surface area contributed by atoms with Gasteiger partial charge in [-0.1, -0.05) is 30.0 Å². The van der Waals surface area contributed by atoms with Crippen LogP contribution in [-0.4, -0.2) is 57.3 Å². The van der Waals surface area contributed by atoms with Crippen molar-refractivity contribution in [2.45, 2.75) is 49.1 Å². The fraction of sp³-hybridized carbons (Fsp3) is 0.417. The number of rotatable bonds is 5. The highest BCUT2D eigenvalue weighted by atomic mass is 32.2. The number of furan rings is 1. The Morgan fingerprint density at radius 1 is 1.00 bits per heavy atom. The highest BCUT2D eigenvalue weighted by Crippen LogP contribution is 2.33. The fourth-order valence-corrected chi connectivity index (χ4v) is 5.45. The molecule has 1 unspecified atom stereocenters. The summed E-state index contributed by atoms with van der Waals surface area (Å²) in [5.74, 6) is 0.736. The van der Waals surface area contributed by atoms with Crippen molar-refractivity contribution in [2.75, 3.05) is 19.6 Å². The van der Waals surface area contributed by atoms with E-state index in [4.69, 9.17) is 4.42 Å². The highest BCUT2D eigenvalue weighted by Gasteiger charge is 2.38. The van der Waals surface area contributed by atoms with Crippen LogP contribution in [-0.2, 0) is 10.5 Å². The summed E-state index contributed by atoms with van der Waals surface area (Å²) < 4.78 is 6.09. The van der Waals surface area contributed by atoms with Crippen LogP contribution in [0, 0.1) is 0 Å².